The Morgan fingerprint density at radius 3 is 2.88 bits per heavy atom. The maximum atomic E-state index is 13.2. The van der Waals surface area contributed by atoms with Gasteiger partial charge in [0.1, 0.15) is 10.7 Å². The highest BCUT2D eigenvalue weighted by atomic mass is 32.2. The lowest BCUT2D eigenvalue weighted by atomic mass is 10.2. The zero-order chi connectivity index (χ0) is 22.1. The van der Waals surface area contributed by atoms with E-state index < -0.39 is 0 Å². The van der Waals surface area contributed by atoms with Gasteiger partial charge in [-0.15, -0.1) is 11.3 Å². The summed E-state index contributed by atoms with van der Waals surface area (Å²) < 4.78 is 1.79. The molecular formula is C24H26N4O2S2. The van der Waals surface area contributed by atoms with Crippen LogP contribution in [0.1, 0.15) is 55.3 Å². The summed E-state index contributed by atoms with van der Waals surface area (Å²) in [6.07, 6.45) is 7.49. The number of unbranched alkanes of at least 4 members (excludes halogenated alkanes) is 3. The van der Waals surface area contributed by atoms with Gasteiger partial charge in [0.2, 0.25) is 0 Å². The number of aromatic amines is 1. The Hall–Kier alpha value is -2.45. The molecule has 4 aromatic rings. The first kappa shape index (κ1) is 21.4. The first-order chi connectivity index (χ1) is 15.7. The molecule has 8 heteroatoms. The number of hydrogen-bond acceptors (Lipinski definition) is 6. The van der Waals surface area contributed by atoms with Gasteiger partial charge in [0.15, 0.2) is 5.16 Å². The molecule has 0 aliphatic heterocycles. The minimum Gasteiger partial charge on any atom is -0.309 e. The Bertz CT molecular complexity index is 1400. The molecule has 166 valence electrons. The summed E-state index contributed by atoms with van der Waals surface area (Å²) in [6, 6.07) is 7.49. The van der Waals surface area contributed by atoms with Crippen molar-refractivity contribution in [3.05, 3.63) is 61.2 Å². The fraction of sp³-hybridized carbons (Fsp3) is 0.417. The van der Waals surface area contributed by atoms with Crippen LogP contribution in [-0.2, 0) is 25.1 Å². The van der Waals surface area contributed by atoms with E-state index in [2.05, 4.69) is 11.9 Å². The molecule has 0 saturated carbocycles. The number of nitrogens with one attached hydrogen (secondary N) is 1. The van der Waals surface area contributed by atoms with Gasteiger partial charge in [-0.3, -0.25) is 14.2 Å². The van der Waals surface area contributed by atoms with Gasteiger partial charge in [0, 0.05) is 11.4 Å². The summed E-state index contributed by atoms with van der Waals surface area (Å²) in [5.41, 5.74) is 1.85. The second-order valence-corrected chi connectivity index (χ2v) is 10.3. The third kappa shape index (κ3) is 4.01. The van der Waals surface area contributed by atoms with Crippen molar-refractivity contribution in [3.63, 3.8) is 0 Å². The number of benzene rings is 1. The number of fused-ring (bicyclic) bond motifs is 4. The van der Waals surface area contributed by atoms with Gasteiger partial charge in [-0.05, 0) is 43.4 Å². The molecule has 0 unspecified atom stereocenters. The molecule has 0 amide bonds. The highest BCUT2D eigenvalue weighted by Crippen LogP contribution is 2.34. The average molecular weight is 467 g/mol. The first-order valence-corrected chi connectivity index (χ1v) is 13.1. The van der Waals surface area contributed by atoms with E-state index >= 15 is 0 Å². The smallest absolute Gasteiger partial charge is 0.262 e. The first-order valence-electron chi connectivity index (χ1n) is 11.3. The predicted octanol–water partition coefficient (Wildman–Crippen LogP) is 5.06. The molecule has 0 saturated heterocycles. The van der Waals surface area contributed by atoms with E-state index in [1.54, 1.807) is 15.9 Å². The topological polar surface area (TPSA) is 80.6 Å². The normalized spacial score (nSPS) is 13.3. The zero-order valence-electron chi connectivity index (χ0n) is 18.1. The molecule has 3 heterocycles. The van der Waals surface area contributed by atoms with Crippen LogP contribution in [0.15, 0.2) is 39.0 Å². The summed E-state index contributed by atoms with van der Waals surface area (Å²) >= 11 is 3.11. The van der Waals surface area contributed by atoms with Gasteiger partial charge in [-0.25, -0.2) is 9.97 Å². The number of rotatable bonds is 8. The van der Waals surface area contributed by atoms with Gasteiger partial charge in [-0.2, -0.15) is 0 Å². The van der Waals surface area contributed by atoms with Crippen LogP contribution in [0.2, 0.25) is 0 Å². The molecular weight excluding hydrogens is 440 g/mol. The molecule has 1 aliphatic rings. The van der Waals surface area contributed by atoms with Gasteiger partial charge in [0.25, 0.3) is 11.1 Å². The molecule has 1 aromatic carbocycles. The Balaban J connectivity index is 1.45. The number of aromatic nitrogens is 4. The van der Waals surface area contributed by atoms with Crippen molar-refractivity contribution in [2.75, 3.05) is 0 Å². The fourth-order valence-corrected chi connectivity index (χ4v) is 6.58. The summed E-state index contributed by atoms with van der Waals surface area (Å²) in [4.78, 5) is 40.6. The third-order valence-corrected chi connectivity index (χ3v) is 8.20. The van der Waals surface area contributed by atoms with E-state index in [1.807, 2.05) is 24.3 Å². The minimum atomic E-state index is -0.0478. The minimum absolute atomic E-state index is 0.00110. The highest BCUT2D eigenvalue weighted by molar-refractivity contribution is 7.98. The molecule has 0 fully saturated rings. The Morgan fingerprint density at radius 1 is 1.12 bits per heavy atom. The molecule has 1 aliphatic carbocycles. The molecule has 0 atom stereocenters. The Labute approximate surface area is 194 Å². The number of hydrogen-bond donors (Lipinski definition) is 1. The quantitative estimate of drug-likeness (QED) is 0.223. The lowest BCUT2D eigenvalue weighted by molar-refractivity contribution is 0.531. The lowest BCUT2D eigenvalue weighted by Crippen LogP contribution is -2.23. The van der Waals surface area contributed by atoms with Crippen LogP contribution in [0, 0.1) is 0 Å². The Morgan fingerprint density at radius 2 is 2.00 bits per heavy atom. The van der Waals surface area contributed by atoms with Crippen molar-refractivity contribution in [3.8, 4) is 0 Å². The fourth-order valence-electron chi connectivity index (χ4n) is 4.40. The third-order valence-electron chi connectivity index (χ3n) is 6.02. The second-order valence-electron chi connectivity index (χ2n) is 8.27. The van der Waals surface area contributed by atoms with Crippen LogP contribution in [0.3, 0.4) is 0 Å². The van der Waals surface area contributed by atoms with Crippen LogP contribution in [0.5, 0.6) is 0 Å². The zero-order valence-corrected chi connectivity index (χ0v) is 19.8. The van der Waals surface area contributed by atoms with Gasteiger partial charge in [-0.1, -0.05) is 50.1 Å². The van der Waals surface area contributed by atoms with Crippen molar-refractivity contribution >= 4 is 44.2 Å². The molecule has 6 nitrogen and oxygen atoms in total. The van der Waals surface area contributed by atoms with Crippen molar-refractivity contribution in [2.24, 2.45) is 0 Å². The van der Waals surface area contributed by atoms with Crippen molar-refractivity contribution in [1.82, 2.24) is 19.5 Å². The molecule has 5 rings (SSSR count). The summed E-state index contributed by atoms with van der Waals surface area (Å²) in [6.45, 7) is 2.83. The second kappa shape index (κ2) is 9.19. The molecule has 0 radical (unpaired) electrons. The lowest BCUT2D eigenvalue weighted by Gasteiger charge is -2.13. The van der Waals surface area contributed by atoms with E-state index in [1.165, 1.54) is 22.2 Å². The van der Waals surface area contributed by atoms with Gasteiger partial charge < -0.3 is 4.98 Å². The van der Waals surface area contributed by atoms with Crippen LogP contribution in [-0.4, -0.2) is 19.5 Å². The van der Waals surface area contributed by atoms with Crippen LogP contribution >= 0.6 is 23.1 Å². The Kier molecular flexibility index (Phi) is 6.15. The van der Waals surface area contributed by atoms with Crippen LogP contribution in [0.25, 0.3) is 21.1 Å². The largest absolute Gasteiger partial charge is 0.309 e. The van der Waals surface area contributed by atoms with E-state index in [9.17, 15) is 9.59 Å². The van der Waals surface area contributed by atoms with E-state index in [0.717, 1.165) is 55.2 Å². The monoisotopic (exact) mass is 466 g/mol. The van der Waals surface area contributed by atoms with Crippen LogP contribution in [0.4, 0.5) is 0 Å². The number of aryl methyl sites for hydroxylation is 2. The van der Waals surface area contributed by atoms with E-state index in [0.29, 0.717) is 34.2 Å². The maximum Gasteiger partial charge on any atom is 0.262 e. The van der Waals surface area contributed by atoms with Gasteiger partial charge in [0.05, 0.1) is 22.0 Å². The molecule has 0 spiro atoms. The predicted molar refractivity (Wildman–Crippen MR) is 132 cm³/mol. The molecule has 32 heavy (non-hydrogen) atoms. The van der Waals surface area contributed by atoms with Crippen molar-refractivity contribution in [2.45, 2.75) is 69.3 Å². The molecule has 0 bridgehead atoms. The SMILES string of the molecule is CCCCCCn1c(SCc2nc3sc4c(c3c(=O)[nH]2)CCC4)nc2ccccc2c1=O. The number of nitrogens with zero attached hydrogens (tertiary/aromatic N) is 3. The summed E-state index contributed by atoms with van der Waals surface area (Å²) in [5.74, 6) is 1.10. The number of thioether (sulfide) groups is 1. The van der Waals surface area contributed by atoms with Crippen molar-refractivity contribution < 1.29 is 0 Å². The average Bonchev–Trinajstić information content (AvgIpc) is 3.37. The highest BCUT2D eigenvalue weighted by Gasteiger charge is 2.21. The number of thiophene rings is 1. The summed E-state index contributed by atoms with van der Waals surface area (Å²) in [5, 5.41) is 2.10. The van der Waals surface area contributed by atoms with E-state index in [-0.39, 0.29) is 11.1 Å². The number of H-pyrrole nitrogens is 1. The van der Waals surface area contributed by atoms with Gasteiger partial charge >= 0.3 is 0 Å². The maximum absolute atomic E-state index is 13.2. The summed E-state index contributed by atoms with van der Waals surface area (Å²) in [7, 11) is 0. The standard InChI is InChI=1S/C24H26N4O2S2/c1-2-3-4-7-13-28-23(30)15-9-5-6-11-17(15)25-24(28)31-14-19-26-21(29)20-16-10-8-12-18(16)32-22(20)27-19/h5-6,9,11H,2-4,7-8,10,12-14H2,1H3,(H,26,27,29). The van der Waals surface area contributed by atoms with Crippen molar-refractivity contribution in [1.29, 1.82) is 0 Å². The van der Waals surface area contributed by atoms with E-state index in [4.69, 9.17) is 9.97 Å². The number of para-hydroxylation sites is 1. The molecule has 1 N–H and O–H groups in total. The molecule has 3 aromatic heterocycles. The van der Waals surface area contributed by atoms with Crippen LogP contribution < -0.4 is 11.1 Å².